The molecule has 1 fully saturated rings. The zero-order valence-electron chi connectivity index (χ0n) is 17.1. The molecule has 3 rings (SSSR count). The van der Waals surface area contributed by atoms with E-state index < -0.39 is 5.97 Å². The van der Waals surface area contributed by atoms with E-state index in [0.29, 0.717) is 16.5 Å². The Morgan fingerprint density at radius 3 is 2.63 bits per heavy atom. The van der Waals surface area contributed by atoms with Crippen molar-refractivity contribution in [2.45, 2.75) is 6.92 Å². The number of benzene rings is 2. The molecule has 1 aliphatic rings. The summed E-state index contributed by atoms with van der Waals surface area (Å²) in [4.78, 5) is 18.3. The molecule has 0 spiro atoms. The maximum atomic E-state index is 11.5. The highest BCUT2D eigenvalue weighted by Gasteiger charge is 2.14. The molecule has 1 aliphatic heterocycles. The van der Waals surface area contributed by atoms with E-state index in [-0.39, 0.29) is 13.2 Å². The molecule has 0 N–H and O–H groups in total. The van der Waals surface area contributed by atoms with Crippen LogP contribution in [0.4, 0.5) is 11.4 Å². The number of halogens is 1. The molecule has 7 nitrogen and oxygen atoms in total. The van der Waals surface area contributed by atoms with Crippen LogP contribution in [0.3, 0.4) is 0 Å². The van der Waals surface area contributed by atoms with Crippen molar-refractivity contribution in [3.8, 4) is 11.5 Å². The SMILES string of the molecule is CCOC(=O)COc1c(Cl)cc(C=Nc2ccc(N3CCOCC3)cc2)cc1OC. The van der Waals surface area contributed by atoms with E-state index in [0.717, 1.165) is 43.2 Å². The minimum absolute atomic E-state index is 0.243. The Hall–Kier alpha value is -2.77. The number of hydrogen-bond acceptors (Lipinski definition) is 7. The monoisotopic (exact) mass is 432 g/mol. The largest absolute Gasteiger partial charge is 0.493 e. The first-order chi connectivity index (χ1) is 14.6. The number of carbonyl (C=O) groups excluding carboxylic acids is 1. The number of methoxy groups -OCH3 is 1. The maximum absolute atomic E-state index is 11.5. The number of carbonyl (C=O) groups is 1. The summed E-state index contributed by atoms with van der Waals surface area (Å²) in [5.41, 5.74) is 2.73. The first kappa shape index (κ1) is 21.9. The first-order valence-electron chi connectivity index (χ1n) is 9.73. The minimum atomic E-state index is -0.471. The molecule has 0 radical (unpaired) electrons. The summed E-state index contributed by atoms with van der Waals surface area (Å²) in [7, 11) is 1.51. The Morgan fingerprint density at radius 2 is 1.97 bits per heavy atom. The molecule has 0 aromatic heterocycles. The second-order valence-corrected chi connectivity index (χ2v) is 6.91. The van der Waals surface area contributed by atoms with Gasteiger partial charge in [0.15, 0.2) is 18.1 Å². The van der Waals surface area contributed by atoms with Gasteiger partial charge in [-0.3, -0.25) is 4.99 Å². The van der Waals surface area contributed by atoms with Crippen molar-refractivity contribution < 1.29 is 23.7 Å². The van der Waals surface area contributed by atoms with Crippen molar-refractivity contribution >= 4 is 35.2 Å². The van der Waals surface area contributed by atoms with Crippen LogP contribution in [0.15, 0.2) is 41.4 Å². The summed E-state index contributed by atoms with van der Waals surface area (Å²) in [5.74, 6) is 0.233. The third kappa shape index (κ3) is 5.87. The zero-order chi connectivity index (χ0) is 21.3. The van der Waals surface area contributed by atoms with Gasteiger partial charge in [-0.15, -0.1) is 0 Å². The predicted molar refractivity (Wildman–Crippen MR) is 117 cm³/mol. The lowest BCUT2D eigenvalue weighted by molar-refractivity contribution is -0.145. The Balaban J connectivity index is 1.69. The number of aliphatic imine (C=N–C) groups is 1. The van der Waals surface area contributed by atoms with Crippen LogP contribution in [-0.2, 0) is 14.3 Å². The molecule has 30 heavy (non-hydrogen) atoms. The lowest BCUT2D eigenvalue weighted by Gasteiger charge is -2.28. The highest BCUT2D eigenvalue weighted by atomic mass is 35.5. The second kappa shape index (κ2) is 10.8. The van der Waals surface area contributed by atoms with Crippen LogP contribution in [0.1, 0.15) is 12.5 Å². The summed E-state index contributed by atoms with van der Waals surface area (Å²) in [5, 5.41) is 0.322. The Bertz CT molecular complexity index is 880. The molecule has 0 saturated carbocycles. The first-order valence-corrected chi connectivity index (χ1v) is 10.1. The van der Waals surface area contributed by atoms with Crippen LogP contribution in [0.25, 0.3) is 0 Å². The molecule has 0 aliphatic carbocycles. The summed E-state index contributed by atoms with van der Waals surface area (Å²) in [6.07, 6.45) is 1.70. The fourth-order valence-electron chi connectivity index (χ4n) is 3.01. The molecule has 0 atom stereocenters. The third-order valence-corrected chi connectivity index (χ3v) is 4.76. The lowest BCUT2D eigenvalue weighted by atomic mass is 10.2. The molecular weight excluding hydrogens is 408 g/mol. The molecule has 1 saturated heterocycles. The van der Waals surface area contributed by atoms with Gasteiger partial charge in [-0.05, 0) is 48.9 Å². The van der Waals surface area contributed by atoms with E-state index in [9.17, 15) is 4.79 Å². The van der Waals surface area contributed by atoms with Gasteiger partial charge in [0.05, 0.1) is 37.6 Å². The van der Waals surface area contributed by atoms with Crippen LogP contribution < -0.4 is 14.4 Å². The summed E-state index contributed by atoms with van der Waals surface area (Å²) < 4.78 is 21.1. The van der Waals surface area contributed by atoms with Crippen molar-refractivity contribution in [2.24, 2.45) is 4.99 Å². The van der Waals surface area contributed by atoms with Crippen LogP contribution in [0.2, 0.25) is 5.02 Å². The number of hydrogen-bond donors (Lipinski definition) is 0. The Morgan fingerprint density at radius 1 is 1.23 bits per heavy atom. The van der Waals surface area contributed by atoms with Gasteiger partial charge >= 0.3 is 5.97 Å². The highest BCUT2D eigenvalue weighted by molar-refractivity contribution is 6.32. The van der Waals surface area contributed by atoms with Gasteiger partial charge in [0.2, 0.25) is 0 Å². The Labute approximate surface area is 181 Å². The zero-order valence-corrected chi connectivity index (χ0v) is 17.9. The molecule has 0 unspecified atom stereocenters. The fourth-order valence-corrected chi connectivity index (χ4v) is 3.28. The molecule has 2 aromatic rings. The molecule has 8 heteroatoms. The summed E-state index contributed by atoms with van der Waals surface area (Å²) >= 11 is 6.33. The van der Waals surface area contributed by atoms with E-state index in [1.807, 2.05) is 12.1 Å². The van der Waals surface area contributed by atoms with Crippen LogP contribution in [0, 0.1) is 0 Å². The average molecular weight is 433 g/mol. The summed E-state index contributed by atoms with van der Waals surface area (Å²) in [6.45, 7) is 5.07. The van der Waals surface area contributed by atoms with Crippen molar-refractivity contribution in [3.05, 3.63) is 47.0 Å². The topological polar surface area (TPSA) is 69.6 Å². The number of anilines is 1. The van der Waals surface area contributed by atoms with Crippen molar-refractivity contribution in [3.63, 3.8) is 0 Å². The number of nitrogens with zero attached hydrogens (tertiary/aromatic N) is 2. The van der Waals surface area contributed by atoms with Crippen LogP contribution in [0.5, 0.6) is 11.5 Å². The fraction of sp³-hybridized carbons (Fsp3) is 0.364. The Kier molecular flexibility index (Phi) is 7.93. The smallest absolute Gasteiger partial charge is 0.344 e. The lowest BCUT2D eigenvalue weighted by Crippen LogP contribution is -2.36. The van der Waals surface area contributed by atoms with E-state index in [4.69, 9.17) is 30.5 Å². The number of morpholine rings is 1. The van der Waals surface area contributed by atoms with Gasteiger partial charge in [0, 0.05) is 25.0 Å². The number of esters is 1. The standard InChI is InChI=1S/C22H25ClN2O5/c1-3-29-21(26)15-30-22-19(23)12-16(13-20(22)27-2)14-24-17-4-6-18(7-5-17)25-8-10-28-11-9-25/h4-7,12-14H,3,8-11,15H2,1-2H3. The molecular formula is C22H25ClN2O5. The van der Waals surface area contributed by atoms with E-state index in [1.165, 1.54) is 7.11 Å². The van der Waals surface area contributed by atoms with Gasteiger partial charge in [0.1, 0.15) is 0 Å². The molecule has 0 bridgehead atoms. The average Bonchev–Trinajstić information content (AvgIpc) is 2.77. The maximum Gasteiger partial charge on any atom is 0.344 e. The second-order valence-electron chi connectivity index (χ2n) is 6.50. The van der Waals surface area contributed by atoms with Gasteiger partial charge in [0.25, 0.3) is 0 Å². The molecule has 160 valence electrons. The molecule has 2 aromatic carbocycles. The third-order valence-electron chi connectivity index (χ3n) is 4.48. The number of ether oxygens (including phenoxy) is 4. The van der Waals surface area contributed by atoms with Gasteiger partial charge in [-0.25, -0.2) is 4.79 Å². The minimum Gasteiger partial charge on any atom is -0.493 e. The van der Waals surface area contributed by atoms with Crippen LogP contribution >= 0.6 is 11.6 Å². The quantitative estimate of drug-likeness (QED) is 0.465. The van der Waals surface area contributed by atoms with Gasteiger partial charge < -0.3 is 23.8 Å². The van der Waals surface area contributed by atoms with E-state index in [1.54, 1.807) is 25.3 Å². The van der Waals surface area contributed by atoms with E-state index in [2.05, 4.69) is 22.0 Å². The normalized spacial score (nSPS) is 14.0. The predicted octanol–water partition coefficient (Wildman–Crippen LogP) is 3.88. The highest BCUT2D eigenvalue weighted by Crippen LogP contribution is 2.36. The molecule has 1 heterocycles. The van der Waals surface area contributed by atoms with Crippen molar-refractivity contribution in [1.82, 2.24) is 0 Å². The van der Waals surface area contributed by atoms with Crippen molar-refractivity contribution in [1.29, 1.82) is 0 Å². The van der Waals surface area contributed by atoms with Gasteiger partial charge in [-0.1, -0.05) is 11.6 Å². The summed E-state index contributed by atoms with van der Waals surface area (Å²) in [6, 6.07) is 11.5. The molecule has 0 amide bonds. The van der Waals surface area contributed by atoms with E-state index >= 15 is 0 Å². The van der Waals surface area contributed by atoms with Gasteiger partial charge in [-0.2, -0.15) is 0 Å². The van der Waals surface area contributed by atoms with Crippen molar-refractivity contribution in [2.75, 3.05) is 51.5 Å². The van der Waals surface area contributed by atoms with Crippen LogP contribution in [-0.4, -0.2) is 58.8 Å². The number of rotatable bonds is 8.